The van der Waals surface area contributed by atoms with Crippen LogP contribution in [0.1, 0.15) is 16.1 Å². The van der Waals surface area contributed by atoms with Gasteiger partial charge in [-0.15, -0.1) is 0 Å². The second-order valence-electron chi connectivity index (χ2n) is 8.59. The van der Waals surface area contributed by atoms with Crippen molar-refractivity contribution in [3.8, 4) is 11.3 Å². The molecule has 1 amide bonds. The summed E-state index contributed by atoms with van der Waals surface area (Å²) < 4.78 is 27.9. The average molecular weight is 506 g/mol. The molecule has 8 heteroatoms. The number of carbonyl (C=O) groups excluding carboxylic acids is 1. The van der Waals surface area contributed by atoms with Crippen molar-refractivity contribution < 1.29 is 13.2 Å². The molecule has 1 saturated heterocycles. The molecule has 1 aliphatic heterocycles. The zero-order valence-electron chi connectivity index (χ0n) is 19.2. The summed E-state index contributed by atoms with van der Waals surface area (Å²) in [5, 5.41) is 2.31. The van der Waals surface area contributed by atoms with Gasteiger partial charge in [0.05, 0.1) is 10.6 Å². The van der Waals surface area contributed by atoms with Gasteiger partial charge in [0.1, 0.15) is 0 Å². The number of amides is 1. The van der Waals surface area contributed by atoms with E-state index >= 15 is 0 Å². The third kappa shape index (κ3) is 4.80. The van der Waals surface area contributed by atoms with E-state index in [4.69, 9.17) is 11.6 Å². The fraction of sp³-hybridized carbons (Fsp3) is 0.185. The zero-order valence-corrected chi connectivity index (χ0v) is 20.8. The predicted molar refractivity (Wildman–Crippen MR) is 138 cm³/mol. The lowest BCUT2D eigenvalue weighted by molar-refractivity contribution is 0.0698. The Morgan fingerprint density at radius 1 is 0.857 bits per heavy atom. The van der Waals surface area contributed by atoms with E-state index in [0.717, 1.165) is 27.7 Å². The quantitative estimate of drug-likeness (QED) is 0.391. The summed E-state index contributed by atoms with van der Waals surface area (Å²) in [4.78, 5) is 19.5. The maximum atomic E-state index is 13.2. The topological polar surface area (TPSA) is 70.6 Å². The molecule has 3 aromatic carbocycles. The molecule has 178 valence electrons. The molecule has 0 N–H and O–H groups in total. The molecule has 5 rings (SSSR count). The number of pyridine rings is 1. The van der Waals surface area contributed by atoms with Crippen molar-refractivity contribution in [1.29, 1.82) is 0 Å². The van der Waals surface area contributed by atoms with E-state index < -0.39 is 10.0 Å². The van der Waals surface area contributed by atoms with Gasteiger partial charge in [0.2, 0.25) is 10.0 Å². The zero-order chi connectivity index (χ0) is 24.6. The third-order valence-corrected chi connectivity index (χ3v) is 8.38. The molecule has 4 aromatic rings. The van der Waals surface area contributed by atoms with Gasteiger partial charge in [-0.05, 0) is 66.2 Å². The lowest BCUT2D eigenvalue weighted by Crippen LogP contribution is -2.50. The molecule has 0 unspecified atom stereocenters. The summed E-state index contributed by atoms with van der Waals surface area (Å²) in [6.07, 6.45) is 0. The normalized spacial score (nSPS) is 14.9. The minimum absolute atomic E-state index is 0.103. The second-order valence-corrected chi connectivity index (χ2v) is 11.0. The summed E-state index contributed by atoms with van der Waals surface area (Å²) >= 11 is 6.03. The van der Waals surface area contributed by atoms with Crippen LogP contribution in [0, 0.1) is 6.92 Å². The molecule has 0 atom stereocenters. The van der Waals surface area contributed by atoms with Crippen LogP contribution in [0.4, 0.5) is 0 Å². The number of hydrogen-bond acceptors (Lipinski definition) is 4. The number of benzene rings is 3. The van der Waals surface area contributed by atoms with Gasteiger partial charge in [0.25, 0.3) is 5.91 Å². The fourth-order valence-electron chi connectivity index (χ4n) is 4.31. The Kier molecular flexibility index (Phi) is 6.32. The Balaban J connectivity index is 1.26. The number of aromatic nitrogens is 1. The molecule has 0 radical (unpaired) electrons. The predicted octanol–water partition coefficient (Wildman–Crippen LogP) is 5.01. The first-order valence-corrected chi connectivity index (χ1v) is 13.2. The standard InChI is InChI=1S/C27H24ClN3O3S/c1-19-3-2-4-26(29-19)20-5-7-21(8-6-20)27(32)30-13-15-31(16-14-30)35(33,34)25-12-10-22-17-24(28)11-9-23(22)18-25/h2-12,17-18H,13-16H2,1H3. The van der Waals surface area contributed by atoms with Crippen LogP contribution in [-0.2, 0) is 10.0 Å². The van der Waals surface area contributed by atoms with E-state index in [9.17, 15) is 13.2 Å². The first-order chi connectivity index (χ1) is 16.8. The molecule has 6 nitrogen and oxygen atoms in total. The molecule has 1 aliphatic rings. The summed E-state index contributed by atoms with van der Waals surface area (Å²) in [5.41, 5.74) is 3.31. The van der Waals surface area contributed by atoms with Gasteiger partial charge in [-0.1, -0.05) is 41.9 Å². The second kappa shape index (κ2) is 9.41. The highest BCUT2D eigenvalue weighted by atomic mass is 35.5. The molecule has 0 aliphatic carbocycles. The third-order valence-electron chi connectivity index (χ3n) is 6.25. The molecule has 1 fully saturated rings. The van der Waals surface area contributed by atoms with Crippen LogP contribution in [0.15, 0.2) is 83.8 Å². The van der Waals surface area contributed by atoms with Crippen molar-refractivity contribution in [3.63, 3.8) is 0 Å². The molecule has 35 heavy (non-hydrogen) atoms. The van der Waals surface area contributed by atoms with Gasteiger partial charge >= 0.3 is 0 Å². The molecule has 0 spiro atoms. The van der Waals surface area contributed by atoms with Crippen molar-refractivity contribution >= 4 is 38.3 Å². The summed E-state index contributed by atoms with van der Waals surface area (Å²) in [6.45, 7) is 3.11. The van der Waals surface area contributed by atoms with Crippen molar-refractivity contribution in [2.45, 2.75) is 11.8 Å². The summed E-state index contributed by atoms with van der Waals surface area (Å²) in [7, 11) is -3.66. The van der Waals surface area contributed by atoms with E-state index in [1.165, 1.54) is 4.31 Å². The van der Waals surface area contributed by atoms with E-state index in [2.05, 4.69) is 4.98 Å². The Morgan fingerprint density at radius 3 is 2.26 bits per heavy atom. The smallest absolute Gasteiger partial charge is 0.253 e. The van der Waals surface area contributed by atoms with Crippen LogP contribution in [0.3, 0.4) is 0 Å². The van der Waals surface area contributed by atoms with Crippen LogP contribution >= 0.6 is 11.6 Å². The minimum atomic E-state index is -3.66. The summed E-state index contributed by atoms with van der Waals surface area (Å²) in [5.74, 6) is -0.103. The molecular formula is C27H24ClN3O3S. The van der Waals surface area contributed by atoms with E-state index in [1.807, 2.05) is 49.4 Å². The molecule has 0 saturated carbocycles. The molecule has 1 aromatic heterocycles. The number of fused-ring (bicyclic) bond motifs is 1. The Hall–Kier alpha value is -3.26. The number of carbonyl (C=O) groups is 1. The Labute approximate surface area is 209 Å². The van der Waals surface area contributed by atoms with Crippen LogP contribution < -0.4 is 0 Å². The largest absolute Gasteiger partial charge is 0.336 e. The van der Waals surface area contributed by atoms with Crippen LogP contribution in [-0.4, -0.2) is 54.7 Å². The molecular weight excluding hydrogens is 482 g/mol. The van der Waals surface area contributed by atoms with Crippen LogP contribution in [0.25, 0.3) is 22.0 Å². The maximum absolute atomic E-state index is 13.2. The fourth-order valence-corrected chi connectivity index (χ4v) is 5.94. The monoisotopic (exact) mass is 505 g/mol. The number of sulfonamides is 1. The number of aryl methyl sites for hydroxylation is 1. The minimum Gasteiger partial charge on any atom is -0.336 e. The van der Waals surface area contributed by atoms with Crippen LogP contribution in [0.2, 0.25) is 5.02 Å². The first-order valence-electron chi connectivity index (χ1n) is 11.3. The van der Waals surface area contributed by atoms with Gasteiger partial charge in [-0.2, -0.15) is 4.31 Å². The number of piperazine rings is 1. The van der Waals surface area contributed by atoms with Gasteiger partial charge in [0.15, 0.2) is 0 Å². The Morgan fingerprint density at radius 2 is 1.54 bits per heavy atom. The average Bonchev–Trinajstić information content (AvgIpc) is 2.88. The molecule has 2 heterocycles. The van der Waals surface area contributed by atoms with Gasteiger partial charge in [-0.3, -0.25) is 9.78 Å². The van der Waals surface area contributed by atoms with Crippen molar-refractivity contribution in [2.24, 2.45) is 0 Å². The van der Waals surface area contributed by atoms with Gasteiger partial charge in [0, 0.05) is 48.0 Å². The van der Waals surface area contributed by atoms with Crippen molar-refractivity contribution in [2.75, 3.05) is 26.2 Å². The number of hydrogen-bond donors (Lipinski definition) is 0. The lowest BCUT2D eigenvalue weighted by Gasteiger charge is -2.34. The highest BCUT2D eigenvalue weighted by molar-refractivity contribution is 7.89. The van der Waals surface area contributed by atoms with Crippen LogP contribution in [0.5, 0.6) is 0 Å². The number of halogens is 1. The molecule has 0 bridgehead atoms. The van der Waals surface area contributed by atoms with E-state index in [-0.39, 0.29) is 23.9 Å². The Bertz CT molecular complexity index is 1510. The maximum Gasteiger partial charge on any atom is 0.253 e. The SMILES string of the molecule is Cc1cccc(-c2ccc(C(=O)N3CCN(S(=O)(=O)c4ccc5cc(Cl)ccc5c4)CC3)cc2)n1. The number of rotatable bonds is 4. The van der Waals surface area contributed by atoms with Crippen molar-refractivity contribution in [3.05, 3.63) is 95.1 Å². The lowest BCUT2D eigenvalue weighted by atomic mass is 10.1. The first kappa shape index (κ1) is 23.5. The highest BCUT2D eigenvalue weighted by Gasteiger charge is 2.30. The van der Waals surface area contributed by atoms with Gasteiger partial charge < -0.3 is 4.90 Å². The number of nitrogens with zero attached hydrogens (tertiary/aromatic N) is 3. The highest BCUT2D eigenvalue weighted by Crippen LogP contribution is 2.25. The van der Waals surface area contributed by atoms with Gasteiger partial charge in [-0.25, -0.2) is 8.42 Å². The van der Waals surface area contributed by atoms with E-state index in [1.54, 1.807) is 41.3 Å². The summed E-state index contributed by atoms with van der Waals surface area (Å²) in [6, 6.07) is 23.6. The van der Waals surface area contributed by atoms with Crippen molar-refractivity contribution in [1.82, 2.24) is 14.2 Å². The van der Waals surface area contributed by atoms with E-state index in [0.29, 0.717) is 23.7 Å².